The van der Waals surface area contributed by atoms with Gasteiger partial charge in [0.1, 0.15) is 0 Å². The highest BCUT2D eigenvalue weighted by atomic mass is 32.2. The molecule has 0 saturated carbocycles. The average Bonchev–Trinajstić information content (AvgIpc) is 3.14. The van der Waals surface area contributed by atoms with Gasteiger partial charge in [-0.05, 0) is 81.9 Å². The zero-order valence-electron chi connectivity index (χ0n) is 17.3. The van der Waals surface area contributed by atoms with Gasteiger partial charge in [-0.15, -0.1) is 0 Å². The normalized spacial score (nSPS) is 18.9. The molecule has 0 unspecified atom stereocenters. The molecule has 1 aromatic carbocycles. The lowest BCUT2D eigenvalue weighted by Gasteiger charge is -2.36. The Labute approximate surface area is 173 Å². The summed E-state index contributed by atoms with van der Waals surface area (Å²) >= 11 is 0. The van der Waals surface area contributed by atoms with Crippen LogP contribution in [0.1, 0.15) is 48.5 Å². The fourth-order valence-electron chi connectivity index (χ4n) is 4.44. The number of hydrogen-bond acceptors (Lipinski definition) is 6. The number of nitrogens with zero attached hydrogens (tertiary/aromatic N) is 4. The molecular weight excluding hydrogens is 388 g/mol. The standard InChI is InChI=1S/C21H30N4O3S/c1-16-22-21(23-28-16)11-14-25(19-9-12-24(2)13-10-19)29(26,27)20-8-7-17-5-3-4-6-18(17)15-20/h7-8,15,19H,3-6,9-14H2,1-2H3. The highest BCUT2D eigenvalue weighted by Crippen LogP contribution is 2.28. The van der Waals surface area contributed by atoms with Crippen molar-refractivity contribution in [2.24, 2.45) is 0 Å². The van der Waals surface area contributed by atoms with Crippen LogP contribution in [0.15, 0.2) is 27.6 Å². The minimum Gasteiger partial charge on any atom is -0.340 e. The fourth-order valence-corrected chi connectivity index (χ4v) is 6.18. The molecule has 0 N–H and O–H groups in total. The van der Waals surface area contributed by atoms with Crippen molar-refractivity contribution in [2.75, 3.05) is 26.7 Å². The number of fused-ring (bicyclic) bond motifs is 1. The van der Waals surface area contributed by atoms with Crippen LogP contribution in [0.3, 0.4) is 0 Å². The van der Waals surface area contributed by atoms with E-state index in [0.29, 0.717) is 29.6 Å². The van der Waals surface area contributed by atoms with Crippen LogP contribution >= 0.6 is 0 Å². The van der Waals surface area contributed by atoms with Gasteiger partial charge in [-0.3, -0.25) is 0 Å². The summed E-state index contributed by atoms with van der Waals surface area (Å²) in [5.74, 6) is 1.06. The SMILES string of the molecule is Cc1nc(CCN(C2CCN(C)CC2)S(=O)(=O)c2ccc3c(c2)CCCC3)no1. The van der Waals surface area contributed by atoms with E-state index in [0.717, 1.165) is 45.2 Å². The maximum Gasteiger partial charge on any atom is 0.243 e. The van der Waals surface area contributed by atoms with Gasteiger partial charge in [0.05, 0.1) is 4.90 Å². The highest BCUT2D eigenvalue weighted by molar-refractivity contribution is 7.89. The van der Waals surface area contributed by atoms with E-state index in [-0.39, 0.29) is 6.04 Å². The van der Waals surface area contributed by atoms with Crippen molar-refractivity contribution in [1.29, 1.82) is 0 Å². The second-order valence-electron chi connectivity index (χ2n) is 8.27. The molecule has 29 heavy (non-hydrogen) atoms. The molecule has 1 aliphatic heterocycles. The van der Waals surface area contributed by atoms with Crippen molar-refractivity contribution in [3.8, 4) is 0 Å². The van der Waals surface area contributed by atoms with Gasteiger partial charge in [0.2, 0.25) is 15.9 Å². The molecule has 4 rings (SSSR count). The van der Waals surface area contributed by atoms with Gasteiger partial charge < -0.3 is 9.42 Å². The number of hydrogen-bond donors (Lipinski definition) is 0. The molecule has 2 aliphatic rings. The van der Waals surface area contributed by atoms with Gasteiger partial charge in [-0.2, -0.15) is 9.29 Å². The summed E-state index contributed by atoms with van der Waals surface area (Å²) in [4.78, 5) is 6.92. The Morgan fingerprint density at radius 3 is 2.59 bits per heavy atom. The smallest absolute Gasteiger partial charge is 0.243 e. The van der Waals surface area contributed by atoms with E-state index >= 15 is 0 Å². The third-order valence-corrected chi connectivity index (χ3v) is 8.10. The van der Waals surface area contributed by atoms with Gasteiger partial charge in [0.25, 0.3) is 0 Å². The van der Waals surface area contributed by atoms with Crippen LogP contribution in [0.2, 0.25) is 0 Å². The number of aromatic nitrogens is 2. The molecule has 1 fully saturated rings. The Morgan fingerprint density at radius 1 is 1.17 bits per heavy atom. The molecular formula is C21H30N4O3S. The Hall–Kier alpha value is -1.77. The first-order valence-corrected chi connectivity index (χ1v) is 12.0. The lowest BCUT2D eigenvalue weighted by Crippen LogP contribution is -2.47. The minimum absolute atomic E-state index is 0.000213. The van der Waals surface area contributed by atoms with Gasteiger partial charge in [0, 0.05) is 25.9 Å². The summed E-state index contributed by atoms with van der Waals surface area (Å²) < 4.78 is 34.1. The number of aryl methyl sites for hydroxylation is 3. The van der Waals surface area contributed by atoms with Gasteiger partial charge in [-0.1, -0.05) is 11.2 Å². The quantitative estimate of drug-likeness (QED) is 0.717. The summed E-state index contributed by atoms with van der Waals surface area (Å²) in [5.41, 5.74) is 2.48. The molecule has 0 spiro atoms. The third kappa shape index (κ3) is 4.54. The monoisotopic (exact) mass is 418 g/mol. The largest absolute Gasteiger partial charge is 0.340 e. The van der Waals surface area contributed by atoms with Crippen LogP contribution < -0.4 is 0 Å². The van der Waals surface area contributed by atoms with Crippen molar-refractivity contribution in [3.63, 3.8) is 0 Å². The van der Waals surface area contributed by atoms with Gasteiger partial charge in [0.15, 0.2) is 5.82 Å². The van der Waals surface area contributed by atoms with E-state index in [1.807, 2.05) is 12.1 Å². The minimum atomic E-state index is -3.59. The first kappa shape index (κ1) is 20.5. The second kappa shape index (κ2) is 8.53. The molecule has 2 aromatic rings. The van der Waals surface area contributed by atoms with Crippen LogP contribution in [0.5, 0.6) is 0 Å². The van der Waals surface area contributed by atoms with E-state index in [1.165, 1.54) is 17.5 Å². The van der Waals surface area contributed by atoms with E-state index < -0.39 is 10.0 Å². The van der Waals surface area contributed by atoms with Gasteiger partial charge >= 0.3 is 0 Å². The molecule has 8 heteroatoms. The number of piperidine rings is 1. The Morgan fingerprint density at radius 2 is 1.90 bits per heavy atom. The van der Waals surface area contributed by atoms with Crippen LogP contribution in [0.25, 0.3) is 0 Å². The predicted octanol–water partition coefficient (Wildman–Crippen LogP) is 2.58. The zero-order chi connectivity index (χ0) is 20.4. The highest BCUT2D eigenvalue weighted by Gasteiger charge is 2.33. The van der Waals surface area contributed by atoms with E-state index in [2.05, 4.69) is 22.1 Å². The number of likely N-dealkylation sites (tertiary alicyclic amines) is 1. The molecule has 1 aromatic heterocycles. The van der Waals surface area contributed by atoms with E-state index in [4.69, 9.17) is 4.52 Å². The molecule has 0 amide bonds. The summed E-state index contributed by atoms with van der Waals surface area (Å²) in [6.07, 6.45) is 6.46. The molecule has 1 saturated heterocycles. The molecule has 2 heterocycles. The van der Waals surface area contributed by atoms with Crippen molar-refractivity contribution < 1.29 is 12.9 Å². The van der Waals surface area contributed by atoms with Crippen molar-refractivity contribution in [1.82, 2.24) is 19.3 Å². The average molecular weight is 419 g/mol. The van der Waals surface area contributed by atoms with Crippen LogP contribution in [-0.2, 0) is 29.3 Å². The number of sulfonamides is 1. The third-order valence-electron chi connectivity index (χ3n) is 6.15. The molecule has 0 atom stereocenters. The summed E-state index contributed by atoms with van der Waals surface area (Å²) in [6, 6.07) is 5.71. The topological polar surface area (TPSA) is 79.5 Å². The lowest BCUT2D eigenvalue weighted by molar-refractivity contribution is 0.183. The van der Waals surface area contributed by atoms with Crippen LogP contribution in [-0.4, -0.2) is 60.5 Å². The predicted molar refractivity (Wildman–Crippen MR) is 110 cm³/mol. The summed E-state index contributed by atoms with van der Waals surface area (Å²) in [5, 5.41) is 3.94. The maximum atomic E-state index is 13.7. The molecule has 7 nitrogen and oxygen atoms in total. The molecule has 1 aliphatic carbocycles. The molecule has 0 radical (unpaired) electrons. The van der Waals surface area contributed by atoms with Crippen LogP contribution in [0.4, 0.5) is 0 Å². The van der Waals surface area contributed by atoms with Crippen molar-refractivity contribution >= 4 is 10.0 Å². The number of rotatable bonds is 6. The summed E-state index contributed by atoms with van der Waals surface area (Å²) in [7, 11) is -1.50. The lowest BCUT2D eigenvalue weighted by atomic mass is 9.92. The summed E-state index contributed by atoms with van der Waals surface area (Å²) in [6.45, 7) is 3.92. The Kier molecular flexibility index (Phi) is 6.03. The first-order chi connectivity index (χ1) is 13.9. The van der Waals surface area contributed by atoms with Crippen LogP contribution in [0, 0.1) is 6.92 Å². The fraction of sp³-hybridized carbons (Fsp3) is 0.619. The van der Waals surface area contributed by atoms with E-state index in [9.17, 15) is 8.42 Å². The van der Waals surface area contributed by atoms with E-state index in [1.54, 1.807) is 17.3 Å². The first-order valence-electron chi connectivity index (χ1n) is 10.5. The maximum absolute atomic E-state index is 13.7. The number of benzene rings is 1. The molecule has 158 valence electrons. The zero-order valence-corrected chi connectivity index (χ0v) is 18.1. The van der Waals surface area contributed by atoms with Crippen molar-refractivity contribution in [2.45, 2.75) is 62.8 Å². The Bertz CT molecular complexity index is 949. The van der Waals surface area contributed by atoms with Crippen molar-refractivity contribution in [3.05, 3.63) is 41.0 Å². The molecule has 0 bridgehead atoms. The van der Waals surface area contributed by atoms with Gasteiger partial charge in [-0.25, -0.2) is 8.42 Å². The second-order valence-corrected chi connectivity index (χ2v) is 10.2. The Balaban J connectivity index is 1.61.